The molecule has 2 heterocycles. The predicted octanol–water partition coefficient (Wildman–Crippen LogP) is 2.62. The van der Waals surface area contributed by atoms with Gasteiger partial charge in [0.05, 0.1) is 5.69 Å². The van der Waals surface area contributed by atoms with E-state index >= 15 is 0 Å². The molecule has 0 radical (unpaired) electrons. The third-order valence-corrected chi connectivity index (χ3v) is 3.52. The fourth-order valence-corrected chi connectivity index (χ4v) is 2.53. The van der Waals surface area contributed by atoms with Crippen LogP contribution in [0, 0.1) is 18.3 Å². The summed E-state index contributed by atoms with van der Waals surface area (Å²) in [5.41, 5.74) is 8.66. The zero-order valence-electron chi connectivity index (χ0n) is 8.66. The van der Waals surface area contributed by atoms with Gasteiger partial charge in [0, 0.05) is 11.1 Å². The number of anilines is 1. The smallest absolute Gasteiger partial charge is 0.130 e. The highest BCUT2D eigenvalue weighted by molar-refractivity contribution is 7.19. The Morgan fingerprint density at radius 1 is 1.60 bits per heavy atom. The van der Waals surface area contributed by atoms with Crippen LogP contribution in [0.1, 0.15) is 23.1 Å². The lowest BCUT2D eigenvalue weighted by Crippen LogP contribution is -1.91. The summed E-state index contributed by atoms with van der Waals surface area (Å²) in [5, 5.41) is 9.78. The lowest BCUT2D eigenvalue weighted by atomic mass is 10.1. The molecule has 2 aromatic heterocycles. The van der Waals surface area contributed by atoms with E-state index in [4.69, 9.17) is 11.0 Å². The van der Waals surface area contributed by atoms with Gasteiger partial charge in [0.15, 0.2) is 0 Å². The van der Waals surface area contributed by atoms with Gasteiger partial charge < -0.3 is 5.73 Å². The van der Waals surface area contributed by atoms with Crippen LogP contribution in [0.5, 0.6) is 0 Å². The Kier molecular flexibility index (Phi) is 2.33. The Morgan fingerprint density at radius 3 is 2.93 bits per heavy atom. The normalized spacial score (nSPS) is 10.5. The van der Waals surface area contributed by atoms with Crippen molar-refractivity contribution in [2.24, 2.45) is 0 Å². The second-order valence-corrected chi connectivity index (χ2v) is 4.39. The largest absolute Gasteiger partial charge is 0.396 e. The molecule has 0 aliphatic rings. The molecule has 0 aliphatic heterocycles. The van der Waals surface area contributed by atoms with E-state index in [1.807, 2.05) is 13.0 Å². The molecular formula is C11H11N3S. The second-order valence-electron chi connectivity index (χ2n) is 3.40. The Bertz CT molecular complexity index is 563. The number of nitrogens with zero attached hydrogens (tertiary/aromatic N) is 2. The van der Waals surface area contributed by atoms with Gasteiger partial charge in [-0.25, -0.2) is 4.98 Å². The molecule has 2 rings (SSSR count). The molecule has 0 unspecified atom stereocenters. The van der Waals surface area contributed by atoms with Gasteiger partial charge in [-0.3, -0.25) is 0 Å². The van der Waals surface area contributed by atoms with Gasteiger partial charge >= 0.3 is 0 Å². The molecule has 2 N–H and O–H groups in total. The van der Waals surface area contributed by atoms with E-state index in [0.717, 1.165) is 22.3 Å². The number of rotatable bonds is 1. The Labute approximate surface area is 92.2 Å². The number of thiophene rings is 1. The molecule has 0 amide bonds. The number of fused-ring (bicyclic) bond motifs is 1. The van der Waals surface area contributed by atoms with Crippen molar-refractivity contribution in [1.29, 1.82) is 5.26 Å². The van der Waals surface area contributed by atoms with Gasteiger partial charge in [-0.05, 0) is 25.0 Å². The second kappa shape index (κ2) is 3.52. The van der Waals surface area contributed by atoms with E-state index in [9.17, 15) is 0 Å². The molecular weight excluding hydrogens is 206 g/mol. The van der Waals surface area contributed by atoms with Crippen molar-refractivity contribution in [3.63, 3.8) is 0 Å². The fraction of sp³-hybridized carbons (Fsp3) is 0.273. The monoisotopic (exact) mass is 217 g/mol. The minimum Gasteiger partial charge on any atom is -0.396 e. The number of nitrogens with two attached hydrogens (primary N) is 1. The Balaban J connectivity index is 2.81. The van der Waals surface area contributed by atoms with Crippen LogP contribution in [0.2, 0.25) is 0 Å². The lowest BCUT2D eigenvalue weighted by Gasteiger charge is -2.01. The first kappa shape index (κ1) is 9.94. The molecule has 0 saturated heterocycles. The molecule has 76 valence electrons. The fourth-order valence-electron chi connectivity index (χ4n) is 1.61. The Morgan fingerprint density at radius 2 is 2.33 bits per heavy atom. The molecule has 2 aromatic rings. The summed E-state index contributed by atoms with van der Waals surface area (Å²) in [7, 11) is 0. The summed E-state index contributed by atoms with van der Waals surface area (Å²) < 4.78 is 0. The van der Waals surface area contributed by atoms with Crippen molar-refractivity contribution >= 4 is 27.2 Å². The van der Waals surface area contributed by atoms with Crippen LogP contribution >= 0.6 is 11.3 Å². The predicted molar refractivity (Wildman–Crippen MR) is 62.9 cm³/mol. The van der Waals surface area contributed by atoms with Crippen LogP contribution in [0.4, 0.5) is 5.69 Å². The number of aryl methyl sites for hydroxylation is 2. The van der Waals surface area contributed by atoms with E-state index in [2.05, 4.69) is 18.0 Å². The zero-order valence-corrected chi connectivity index (χ0v) is 9.48. The topological polar surface area (TPSA) is 62.7 Å². The molecule has 4 heteroatoms. The SMILES string of the molecule is CCc1cc2c(N)c(C#N)sc2nc1C. The van der Waals surface area contributed by atoms with Gasteiger partial charge in [-0.15, -0.1) is 11.3 Å². The van der Waals surface area contributed by atoms with Crippen molar-refractivity contribution < 1.29 is 0 Å². The maximum Gasteiger partial charge on any atom is 0.130 e. The van der Waals surface area contributed by atoms with Gasteiger partial charge in [0.2, 0.25) is 0 Å². The first-order valence-electron chi connectivity index (χ1n) is 4.76. The van der Waals surface area contributed by atoms with Crippen LogP contribution in [0.3, 0.4) is 0 Å². The maximum atomic E-state index is 8.87. The van der Waals surface area contributed by atoms with E-state index < -0.39 is 0 Å². The maximum absolute atomic E-state index is 8.87. The third-order valence-electron chi connectivity index (χ3n) is 2.50. The van der Waals surface area contributed by atoms with Crippen molar-refractivity contribution in [1.82, 2.24) is 4.98 Å². The quantitative estimate of drug-likeness (QED) is 0.798. The highest BCUT2D eigenvalue weighted by Gasteiger charge is 2.11. The van der Waals surface area contributed by atoms with Crippen LogP contribution in [-0.2, 0) is 6.42 Å². The highest BCUT2D eigenvalue weighted by Crippen LogP contribution is 2.32. The number of aromatic nitrogens is 1. The van der Waals surface area contributed by atoms with E-state index in [0.29, 0.717) is 10.6 Å². The van der Waals surface area contributed by atoms with Crippen LogP contribution in [-0.4, -0.2) is 4.98 Å². The van der Waals surface area contributed by atoms with E-state index in [-0.39, 0.29) is 0 Å². The molecule has 0 atom stereocenters. The highest BCUT2D eigenvalue weighted by atomic mass is 32.1. The third kappa shape index (κ3) is 1.45. The van der Waals surface area contributed by atoms with Crippen LogP contribution < -0.4 is 5.73 Å². The molecule has 0 saturated carbocycles. The van der Waals surface area contributed by atoms with Crippen molar-refractivity contribution in [2.75, 3.05) is 5.73 Å². The molecule has 3 nitrogen and oxygen atoms in total. The van der Waals surface area contributed by atoms with Crippen LogP contribution in [0.15, 0.2) is 6.07 Å². The summed E-state index contributed by atoms with van der Waals surface area (Å²) in [6.45, 7) is 4.07. The number of nitriles is 1. The number of pyridine rings is 1. The summed E-state index contributed by atoms with van der Waals surface area (Å²) in [4.78, 5) is 5.88. The molecule has 0 aromatic carbocycles. The summed E-state index contributed by atoms with van der Waals surface area (Å²) in [5.74, 6) is 0. The molecule has 0 fully saturated rings. The van der Waals surface area contributed by atoms with E-state index in [1.165, 1.54) is 16.9 Å². The molecule has 0 aliphatic carbocycles. The number of hydrogen-bond acceptors (Lipinski definition) is 4. The van der Waals surface area contributed by atoms with Crippen molar-refractivity contribution in [3.8, 4) is 6.07 Å². The number of nitrogen functional groups attached to an aromatic ring is 1. The van der Waals surface area contributed by atoms with Crippen molar-refractivity contribution in [2.45, 2.75) is 20.3 Å². The van der Waals surface area contributed by atoms with Gasteiger partial charge in [0.1, 0.15) is 15.8 Å². The van der Waals surface area contributed by atoms with E-state index in [1.54, 1.807) is 0 Å². The van der Waals surface area contributed by atoms with Crippen molar-refractivity contribution in [3.05, 3.63) is 22.2 Å². The minimum atomic E-state index is 0.560. The molecule has 0 spiro atoms. The standard InChI is InChI=1S/C11H11N3S/c1-3-7-4-8-10(13)9(5-12)15-11(8)14-6(7)2/h4H,3,13H2,1-2H3. The van der Waals surface area contributed by atoms with Gasteiger partial charge in [-0.1, -0.05) is 6.92 Å². The average molecular weight is 217 g/mol. The Hall–Kier alpha value is -1.60. The van der Waals surface area contributed by atoms with Crippen LogP contribution in [0.25, 0.3) is 10.2 Å². The summed E-state index contributed by atoms with van der Waals surface area (Å²) in [6, 6.07) is 4.14. The van der Waals surface area contributed by atoms with Gasteiger partial charge in [-0.2, -0.15) is 5.26 Å². The minimum absolute atomic E-state index is 0.560. The zero-order chi connectivity index (χ0) is 11.0. The number of hydrogen-bond donors (Lipinski definition) is 1. The lowest BCUT2D eigenvalue weighted by molar-refractivity contribution is 1.07. The summed E-state index contributed by atoms with van der Waals surface area (Å²) >= 11 is 1.36. The van der Waals surface area contributed by atoms with Gasteiger partial charge in [0.25, 0.3) is 0 Å². The summed E-state index contributed by atoms with van der Waals surface area (Å²) in [6.07, 6.45) is 0.936. The first-order chi connectivity index (χ1) is 7.17. The first-order valence-corrected chi connectivity index (χ1v) is 5.57. The molecule has 15 heavy (non-hydrogen) atoms. The average Bonchev–Trinajstić information content (AvgIpc) is 2.54. The molecule has 0 bridgehead atoms.